The molecule has 0 saturated carbocycles. The number of aromatic nitrogens is 7. The van der Waals surface area contributed by atoms with Crippen LogP contribution in [-0.4, -0.2) is 47.3 Å². The van der Waals surface area contributed by atoms with Crippen LogP contribution in [0.25, 0.3) is 11.5 Å². The summed E-state index contributed by atoms with van der Waals surface area (Å²) in [6.45, 7) is -0.0206. The number of hydrogen-bond donors (Lipinski definition) is 4. The van der Waals surface area contributed by atoms with Crippen LogP contribution in [0.2, 0.25) is 0 Å². The van der Waals surface area contributed by atoms with E-state index < -0.39 is 34.7 Å². The van der Waals surface area contributed by atoms with Crippen molar-refractivity contribution < 1.29 is 22.8 Å². The molecule has 4 rings (SSSR count). The van der Waals surface area contributed by atoms with Gasteiger partial charge in [0.15, 0.2) is 11.5 Å². The van der Waals surface area contributed by atoms with E-state index in [0.29, 0.717) is 23.7 Å². The van der Waals surface area contributed by atoms with Gasteiger partial charge in [-0.1, -0.05) is 0 Å². The van der Waals surface area contributed by atoms with Gasteiger partial charge < -0.3 is 10.3 Å². The maximum absolute atomic E-state index is 13.8. The van der Waals surface area contributed by atoms with Crippen LogP contribution < -0.4 is 5.32 Å². The molecule has 1 amide bonds. The first-order valence-corrected chi connectivity index (χ1v) is 8.35. The number of carbonyl (C=O) groups excluding carboxylic acids is 2. The van der Waals surface area contributed by atoms with E-state index in [9.17, 15) is 22.8 Å². The molecule has 3 aromatic heterocycles. The quantitative estimate of drug-likeness (QED) is 0.351. The predicted octanol–water partition coefficient (Wildman–Crippen LogP) is 1.50. The molecule has 4 aromatic rings. The number of nitrogens with one attached hydrogen (secondary N) is 4. The monoisotopic (exact) mass is 416 g/mol. The molecule has 152 valence electrons. The summed E-state index contributed by atoms with van der Waals surface area (Å²) in [5.41, 5.74) is -0.698. The van der Waals surface area contributed by atoms with E-state index in [1.807, 2.05) is 0 Å². The van der Waals surface area contributed by atoms with Gasteiger partial charge in [-0.15, -0.1) is 0 Å². The number of H-pyrrole nitrogens is 3. The van der Waals surface area contributed by atoms with Gasteiger partial charge in [0.25, 0.3) is 5.91 Å². The highest BCUT2D eigenvalue weighted by Gasteiger charge is 2.22. The molecule has 0 fully saturated rings. The van der Waals surface area contributed by atoms with Gasteiger partial charge in [0, 0.05) is 23.9 Å². The van der Waals surface area contributed by atoms with Crippen LogP contribution in [0.1, 0.15) is 32.2 Å². The topological polar surface area (TPSA) is 145 Å². The normalized spacial score (nSPS) is 10.9. The maximum atomic E-state index is 13.8. The number of halogens is 3. The third-order valence-corrected chi connectivity index (χ3v) is 4.02. The smallest absolute Gasteiger partial charge is 0.268 e. The summed E-state index contributed by atoms with van der Waals surface area (Å²) in [6.07, 6.45) is 2.55. The van der Waals surface area contributed by atoms with Crippen molar-refractivity contribution >= 4 is 11.7 Å². The molecule has 4 N–H and O–H groups in total. The number of ketones is 1. The summed E-state index contributed by atoms with van der Waals surface area (Å²) in [4.78, 5) is 31.3. The summed E-state index contributed by atoms with van der Waals surface area (Å²) in [7, 11) is 0. The first-order chi connectivity index (χ1) is 14.4. The van der Waals surface area contributed by atoms with Gasteiger partial charge in [0.1, 0.15) is 29.0 Å². The van der Waals surface area contributed by atoms with E-state index in [1.54, 1.807) is 0 Å². The van der Waals surface area contributed by atoms with Crippen LogP contribution in [0.4, 0.5) is 13.2 Å². The zero-order valence-electron chi connectivity index (χ0n) is 14.8. The summed E-state index contributed by atoms with van der Waals surface area (Å²) in [6, 6.07) is 1.93. The number of aromatic amines is 3. The summed E-state index contributed by atoms with van der Waals surface area (Å²) < 4.78 is 40.6. The summed E-state index contributed by atoms with van der Waals surface area (Å²) >= 11 is 0. The first kappa shape index (κ1) is 19.0. The standard InChI is InChI=1S/C17H11F3N8O2/c18-8-2-9(19)14(10(20)3-8)15(29)7-1-11(21-4-7)17(30)22-6-13-24-16(27-26-13)12-5-23-28-25-12/h1-5,21H,6H2,(H,22,30)(H,23,25,28)(H,24,26,27). The molecule has 10 nitrogen and oxygen atoms in total. The Morgan fingerprint density at radius 2 is 1.83 bits per heavy atom. The van der Waals surface area contributed by atoms with Crippen molar-refractivity contribution in [3.05, 3.63) is 70.7 Å². The molecule has 0 aliphatic rings. The van der Waals surface area contributed by atoms with Gasteiger partial charge in [-0.2, -0.15) is 20.5 Å². The highest BCUT2D eigenvalue weighted by Crippen LogP contribution is 2.19. The van der Waals surface area contributed by atoms with Crippen LogP contribution in [0.15, 0.2) is 30.6 Å². The van der Waals surface area contributed by atoms with Crippen LogP contribution in [0.3, 0.4) is 0 Å². The SMILES string of the molecule is O=C(NCc1nc(-c2cn[nH]n2)n[nH]1)c1cc(C(=O)c2c(F)cc(F)cc2F)c[nH]1. The molecule has 0 spiro atoms. The van der Waals surface area contributed by atoms with Crippen molar-refractivity contribution in [3.63, 3.8) is 0 Å². The lowest BCUT2D eigenvalue weighted by atomic mass is 10.0. The molecule has 0 aliphatic carbocycles. The van der Waals surface area contributed by atoms with Gasteiger partial charge in [-0.3, -0.25) is 14.7 Å². The fraction of sp³-hybridized carbons (Fsp3) is 0.0588. The predicted molar refractivity (Wildman–Crippen MR) is 93.5 cm³/mol. The van der Waals surface area contributed by atoms with Crippen LogP contribution in [0.5, 0.6) is 0 Å². The van der Waals surface area contributed by atoms with Crippen molar-refractivity contribution in [2.45, 2.75) is 6.54 Å². The Bertz CT molecular complexity index is 1210. The zero-order chi connectivity index (χ0) is 21.3. The average Bonchev–Trinajstić information content (AvgIpc) is 3.46. The van der Waals surface area contributed by atoms with Crippen molar-refractivity contribution in [3.8, 4) is 11.5 Å². The van der Waals surface area contributed by atoms with Crippen molar-refractivity contribution in [2.75, 3.05) is 0 Å². The van der Waals surface area contributed by atoms with Crippen molar-refractivity contribution in [1.82, 2.24) is 40.9 Å². The van der Waals surface area contributed by atoms with Crippen LogP contribution in [0, 0.1) is 17.5 Å². The summed E-state index contributed by atoms with van der Waals surface area (Å²) in [5.74, 6) is -4.84. The van der Waals surface area contributed by atoms with Gasteiger partial charge >= 0.3 is 0 Å². The first-order valence-electron chi connectivity index (χ1n) is 8.35. The number of rotatable bonds is 6. The largest absolute Gasteiger partial charge is 0.356 e. The van der Waals surface area contributed by atoms with Gasteiger partial charge in [-0.25, -0.2) is 18.2 Å². The minimum Gasteiger partial charge on any atom is -0.356 e. The van der Waals surface area contributed by atoms with Crippen LogP contribution in [-0.2, 0) is 6.54 Å². The molecule has 3 heterocycles. The Morgan fingerprint density at radius 1 is 1.07 bits per heavy atom. The van der Waals surface area contributed by atoms with Gasteiger partial charge in [0.05, 0.1) is 18.3 Å². The molecule has 0 unspecified atom stereocenters. The van der Waals surface area contributed by atoms with E-state index in [0.717, 1.165) is 12.3 Å². The third kappa shape index (κ3) is 3.67. The van der Waals surface area contributed by atoms with Crippen LogP contribution >= 0.6 is 0 Å². The lowest BCUT2D eigenvalue weighted by molar-refractivity contribution is 0.0945. The Kier molecular flexibility index (Phi) is 4.83. The maximum Gasteiger partial charge on any atom is 0.268 e. The minimum absolute atomic E-state index is 0.0206. The lowest BCUT2D eigenvalue weighted by Crippen LogP contribution is -2.23. The number of hydrogen-bond acceptors (Lipinski definition) is 6. The highest BCUT2D eigenvalue weighted by molar-refractivity contribution is 6.10. The summed E-state index contributed by atoms with van der Waals surface area (Å²) in [5, 5.41) is 19.0. The number of amides is 1. The van der Waals surface area contributed by atoms with Gasteiger partial charge in [-0.05, 0) is 6.07 Å². The molecule has 13 heteroatoms. The Labute approximate surface area is 164 Å². The lowest BCUT2D eigenvalue weighted by Gasteiger charge is -2.03. The highest BCUT2D eigenvalue weighted by atomic mass is 19.1. The molecular formula is C17H11F3N8O2. The second-order valence-electron chi connectivity index (χ2n) is 6.02. The van der Waals surface area contributed by atoms with E-state index >= 15 is 0 Å². The fourth-order valence-electron chi connectivity index (χ4n) is 2.62. The van der Waals surface area contributed by atoms with E-state index in [1.165, 1.54) is 6.20 Å². The molecule has 0 atom stereocenters. The van der Waals surface area contributed by atoms with E-state index in [2.05, 4.69) is 40.9 Å². The fourth-order valence-corrected chi connectivity index (χ4v) is 2.62. The Morgan fingerprint density at radius 3 is 2.53 bits per heavy atom. The van der Waals surface area contributed by atoms with E-state index in [4.69, 9.17) is 0 Å². The number of carbonyl (C=O) groups is 2. The van der Waals surface area contributed by atoms with Crippen molar-refractivity contribution in [2.24, 2.45) is 0 Å². The van der Waals surface area contributed by atoms with E-state index in [-0.39, 0.29) is 23.6 Å². The molecule has 30 heavy (non-hydrogen) atoms. The second kappa shape index (κ2) is 7.62. The number of nitrogens with zero attached hydrogens (tertiary/aromatic N) is 4. The Balaban J connectivity index is 1.44. The molecule has 0 radical (unpaired) electrons. The van der Waals surface area contributed by atoms with Crippen molar-refractivity contribution in [1.29, 1.82) is 0 Å². The average molecular weight is 416 g/mol. The van der Waals surface area contributed by atoms with Gasteiger partial charge in [0.2, 0.25) is 5.82 Å². The number of benzene rings is 1. The molecular weight excluding hydrogens is 405 g/mol. The molecule has 0 saturated heterocycles. The third-order valence-electron chi connectivity index (χ3n) is 4.02. The Hall–Kier alpha value is -4.29. The second-order valence-corrected chi connectivity index (χ2v) is 6.02. The minimum atomic E-state index is -1.34. The molecule has 0 bridgehead atoms. The molecule has 0 aliphatic heterocycles. The molecule has 1 aromatic carbocycles. The zero-order valence-corrected chi connectivity index (χ0v) is 14.8.